The third-order valence-corrected chi connectivity index (χ3v) is 4.07. The molecule has 1 rings (SSSR count). The van der Waals surface area contributed by atoms with Crippen molar-refractivity contribution in [1.82, 2.24) is 5.43 Å². The van der Waals surface area contributed by atoms with Crippen molar-refractivity contribution >= 4 is 40.9 Å². The Balaban J connectivity index is 2.78. The Morgan fingerprint density at radius 1 is 1.50 bits per heavy atom. The van der Waals surface area contributed by atoms with Gasteiger partial charge in [0.1, 0.15) is 0 Å². The van der Waals surface area contributed by atoms with Gasteiger partial charge in [0.25, 0.3) is 0 Å². The van der Waals surface area contributed by atoms with Crippen LogP contribution in [0, 0.1) is 0 Å². The van der Waals surface area contributed by atoms with Gasteiger partial charge in [-0.1, -0.05) is 30.1 Å². The van der Waals surface area contributed by atoms with Crippen LogP contribution < -0.4 is 11.3 Å². The van der Waals surface area contributed by atoms with E-state index in [2.05, 4.69) is 5.43 Å². The summed E-state index contributed by atoms with van der Waals surface area (Å²) in [7, 11) is 0. The van der Waals surface area contributed by atoms with Crippen LogP contribution in [0.1, 0.15) is 13.3 Å². The van der Waals surface area contributed by atoms with Gasteiger partial charge >= 0.3 is 0 Å². The number of amides is 1. The van der Waals surface area contributed by atoms with E-state index in [4.69, 9.17) is 29.0 Å². The zero-order valence-electron chi connectivity index (χ0n) is 8.67. The summed E-state index contributed by atoms with van der Waals surface area (Å²) in [5.41, 5.74) is 2.14. The highest BCUT2D eigenvalue weighted by Crippen LogP contribution is 2.31. The highest BCUT2D eigenvalue weighted by molar-refractivity contribution is 8.00. The number of rotatable bonds is 4. The lowest BCUT2D eigenvalue weighted by atomic mass is 10.3. The SMILES string of the molecule is CCC(Sc1ccc(Cl)c(Cl)c1)C(=O)NN. The summed E-state index contributed by atoms with van der Waals surface area (Å²) in [5.74, 6) is 4.90. The number of hydrogen-bond donors (Lipinski definition) is 2. The first-order valence-electron chi connectivity index (χ1n) is 4.70. The van der Waals surface area contributed by atoms with Crippen LogP contribution in [0.3, 0.4) is 0 Å². The molecule has 0 heterocycles. The molecule has 0 radical (unpaired) electrons. The smallest absolute Gasteiger partial charge is 0.247 e. The maximum atomic E-state index is 11.4. The molecular weight excluding hydrogens is 267 g/mol. The van der Waals surface area contributed by atoms with E-state index in [0.717, 1.165) is 4.90 Å². The molecule has 0 bridgehead atoms. The molecule has 1 unspecified atom stereocenters. The van der Waals surface area contributed by atoms with E-state index in [0.29, 0.717) is 16.5 Å². The van der Waals surface area contributed by atoms with Crippen molar-refractivity contribution in [3.05, 3.63) is 28.2 Å². The number of benzene rings is 1. The van der Waals surface area contributed by atoms with Crippen molar-refractivity contribution in [3.8, 4) is 0 Å². The van der Waals surface area contributed by atoms with Gasteiger partial charge in [-0.05, 0) is 24.6 Å². The molecule has 0 aliphatic heterocycles. The summed E-state index contributed by atoms with van der Waals surface area (Å²) >= 11 is 13.1. The predicted octanol–water partition coefficient (Wildman–Crippen LogP) is 2.85. The molecule has 3 nitrogen and oxygen atoms in total. The Bertz CT molecular complexity index is 387. The van der Waals surface area contributed by atoms with Crippen LogP contribution in [0.5, 0.6) is 0 Å². The summed E-state index contributed by atoms with van der Waals surface area (Å²) in [6, 6.07) is 5.27. The molecule has 6 heteroatoms. The molecule has 0 spiro atoms. The summed E-state index contributed by atoms with van der Waals surface area (Å²) in [4.78, 5) is 12.3. The number of nitrogens with one attached hydrogen (secondary N) is 1. The van der Waals surface area contributed by atoms with E-state index in [1.165, 1.54) is 11.8 Å². The van der Waals surface area contributed by atoms with Gasteiger partial charge in [0.2, 0.25) is 5.91 Å². The zero-order valence-corrected chi connectivity index (χ0v) is 11.0. The van der Waals surface area contributed by atoms with Gasteiger partial charge in [0.15, 0.2) is 0 Å². The molecule has 3 N–H and O–H groups in total. The molecular formula is C10H12Cl2N2OS. The number of halogens is 2. The lowest BCUT2D eigenvalue weighted by Crippen LogP contribution is -2.37. The van der Waals surface area contributed by atoms with Crippen LogP contribution in [0.25, 0.3) is 0 Å². The molecule has 0 aromatic heterocycles. The summed E-state index contributed by atoms with van der Waals surface area (Å²) in [5, 5.41) is 0.763. The summed E-state index contributed by atoms with van der Waals surface area (Å²) < 4.78 is 0. The molecule has 0 saturated carbocycles. The first-order valence-corrected chi connectivity index (χ1v) is 6.34. The molecule has 88 valence electrons. The zero-order chi connectivity index (χ0) is 12.1. The van der Waals surface area contributed by atoms with Crippen LogP contribution in [-0.4, -0.2) is 11.2 Å². The Morgan fingerprint density at radius 2 is 2.19 bits per heavy atom. The van der Waals surface area contributed by atoms with Crippen LogP contribution >= 0.6 is 35.0 Å². The van der Waals surface area contributed by atoms with Crippen molar-refractivity contribution in [2.45, 2.75) is 23.5 Å². The molecule has 1 aromatic carbocycles. The van der Waals surface area contributed by atoms with Crippen molar-refractivity contribution < 1.29 is 4.79 Å². The number of nitrogens with two attached hydrogens (primary N) is 1. The number of hydrogen-bond acceptors (Lipinski definition) is 3. The van der Waals surface area contributed by atoms with E-state index >= 15 is 0 Å². The van der Waals surface area contributed by atoms with Gasteiger partial charge in [-0.25, -0.2) is 5.84 Å². The number of carbonyl (C=O) groups excluding carboxylic acids is 1. The number of hydrazine groups is 1. The average molecular weight is 279 g/mol. The molecule has 0 saturated heterocycles. The Labute approximate surface area is 109 Å². The van der Waals surface area contributed by atoms with E-state index in [9.17, 15) is 4.79 Å². The van der Waals surface area contributed by atoms with Crippen molar-refractivity contribution in [1.29, 1.82) is 0 Å². The monoisotopic (exact) mass is 278 g/mol. The van der Waals surface area contributed by atoms with Gasteiger partial charge in [-0.15, -0.1) is 11.8 Å². The Kier molecular flexibility index (Phi) is 5.41. The van der Waals surface area contributed by atoms with E-state index in [1.54, 1.807) is 12.1 Å². The van der Waals surface area contributed by atoms with E-state index in [1.807, 2.05) is 13.0 Å². The van der Waals surface area contributed by atoms with E-state index < -0.39 is 0 Å². The van der Waals surface area contributed by atoms with E-state index in [-0.39, 0.29) is 11.2 Å². The topological polar surface area (TPSA) is 55.1 Å². The maximum Gasteiger partial charge on any atom is 0.247 e. The molecule has 0 aliphatic carbocycles. The fourth-order valence-corrected chi connectivity index (χ4v) is 2.50. The minimum Gasteiger partial charge on any atom is -0.293 e. The second kappa shape index (κ2) is 6.35. The van der Waals surface area contributed by atoms with Crippen LogP contribution in [0.4, 0.5) is 0 Å². The lowest BCUT2D eigenvalue weighted by Gasteiger charge is -2.12. The first-order chi connectivity index (χ1) is 7.58. The van der Waals surface area contributed by atoms with Crippen LogP contribution in [0.15, 0.2) is 23.1 Å². The molecule has 1 atom stereocenters. The molecule has 16 heavy (non-hydrogen) atoms. The largest absolute Gasteiger partial charge is 0.293 e. The number of carbonyl (C=O) groups is 1. The number of thioether (sulfide) groups is 1. The molecule has 1 aromatic rings. The highest BCUT2D eigenvalue weighted by Gasteiger charge is 2.16. The fourth-order valence-electron chi connectivity index (χ4n) is 1.13. The minimum atomic E-state index is -0.220. The van der Waals surface area contributed by atoms with Crippen LogP contribution in [0.2, 0.25) is 10.0 Å². The van der Waals surface area contributed by atoms with Crippen molar-refractivity contribution in [2.75, 3.05) is 0 Å². The quantitative estimate of drug-likeness (QED) is 0.385. The third kappa shape index (κ3) is 3.56. The normalized spacial score (nSPS) is 12.2. The van der Waals surface area contributed by atoms with Crippen LogP contribution in [-0.2, 0) is 4.79 Å². The van der Waals surface area contributed by atoms with Crippen molar-refractivity contribution in [2.24, 2.45) is 5.84 Å². The summed E-state index contributed by atoms with van der Waals surface area (Å²) in [6.45, 7) is 1.92. The highest BCUT2D eigenvalue weighted by atomic mass is 35.5. The standard InChI is InChI=1S/C10H12Cl2N2OS/c1-2-9(10(15)14-13)16-6-3-4-7(11)8(12)5-6/h3-5,9H,2,13H2,1H3,(H,14,15). The first kappa shape index (κ1) is 13.6. The van der Waals surface area contributed by atoms with Gasteiger partial charge in [-0.3, -0.25) is 10.2 Å². The second-order valence-corrected chi connectivity index (χ2v) is 5.19. The minimum absolute atomic E-state index is 0.196. The Morgan fingerprint density at radius 3 is 2.69 bits per heavy atom. The average Bonchev–Trinajstić information content (AvgIpc) is 2.29. The van der Waals surface area contributed by atoms with Gasteiger partial charge in [-0.2, -0.15) is 0 Å². The maximum absolute atomic E-state index is 11.4. The third-order valence-electron chi connectivity index (χ3n) is 1.97. The van der Waals surface area contributed by atoms with Gasteiger partial charge in [0.05, 0.1) is 15.3 Å². The fraction of sp³-hybridized carbons (Fsp3) is 0.300. The second-order valence-electron chi connectivity index (χ2n) is 3.10. The molecule has 0 fully saturated rings. The summed E-state index contributed by atoms with van der Waals surface area (Å²) in [6.07, 6.45) is 0.688. The lowest BCUT2D eigenvalue weighted by molar-refractivity contribution is -0.120. The predicted molar refractivity (Wildman–Crippen MR) is 68.7 cm³/mol. The van der Waals surface area contributed by atoms with Gasteiger partial charge in [0, 0.05) is 4.90 Å². The molecule has 0 aliphatic rings. The van der Waals surface area contributed by atoms with Crippen molar-refractivity contribution in [3.63, 3.8) is 0 Å². The molecule has 1 amide bonds. The van der Waals surface area contributed by atoms with Gasteiger partial charge < -0.3 is 0 Å². The Hall–Kier alpha value is -0.420.